The molecule has 0 rings (SSSR count). The molecule has 0 spiro atoms. The van der Waals surface area contributed by atoms with E-state index in [1.54, 1.807) is 0 Å². The van der Waals surface area contributed by atoms with E-state index in [9.17, 15) is 0 Å². The van der Waals surface area contributed by atoms with E-state index in [4.69, 9.17) is 0 Å². The van der Waals surface area contributed by atoms with Gasteiger partial charge in [0.15, 0.2) is 0 Å². The minimum Gasteiger partial charge on any atom is -1.00 e. The molecule has 0 aliphatic rings. The summed E-state index contributed by atoms with van der Waals surface area (Å²) < 4.78 is 0. The van der Waals surface area contributed by atoms with Crippen LogP contribution in [0.25, 0.3) is 0 Å². The van der Waals surface area contributed by atoms with Crippen molar-refractivity contribution < 1.29 is 65.3 Å². The van der Waals surface area contributed by atoms with Gasteiger partial charge >= 0.3 is 20.3 Å². The van der Waals surface area contributed by atoms with Crippen LogP contribution in [0.4, 0.5) is 0 Å². The van der Waals surface area contributed by atoms with Gasteiger partial charge in [0.05, 0.1) is 0 Å². The Hall–Kier alpha value is 1.15. The van der Waals surface area contributed by atoms with Gasteiger partial charge in [-0.3, -0.25) is 0 Å². The van der Waals surface area contributed by atoms with Crippen molar-refractivity contribution in [3.05, 3.63) is 0 Å². The van der Waals surface area contributed by atoms with Crippen LogP contribution in [-0.4, -0.2) is 21.9 Å². The predicted molar refractivity (Wildman–Crippen MR) is 9.97 cm³/mol. The topological polar surface area (TPSA) is 120 Å². The molecular weight excluding hydrogens is 119 g/mol. The molecule has 0 bridgehead atoms. The summed E-state index contributed by atoms with van der Waals surface area (Å²) in [7, 11) is 0. The fourth-order valence-corrected chi connectivity index (χ4v) is 0. The first kappa shape index (κ1) is 204. The van der Waals surface area contributed by atoms with Crippen molar-refractivity contribution in [2.75, 3.05) is 0 Å². The Bertz CT molecular complexity index is 14.0. The van der Waals surface area contributed by atoms with Crippen LogP contribution in [0.1, 0.15) is 2.85 Å². The quantitative estimate of drug-likeness (QED) is 0.312. The maximum atomic E-state index is 0. The fraction of sp³-hybridized carbons (Fsp3) is 0. The molecule has 0 heterocycles. The van der Waals surface area contributed by atoms with Crippen LogP contribution in [0.3, 0.4) is 0 Å². The summed E-state index contributed by atoms with van der Waals surface area (Å²) in [6.45, 7) is 0. The van der Waals surface area contributed by atoms with Crippen LogP contribution in [0.5, 0.6) is 0 Å². The van der Waals surface area contributed by atoms with Gasteiger partial charge in [0, 0.05) is 21.7 Å². The number of hydrogen-bond donors (Lipinski definition) is 0. The Kier molecular flexibility index (Phi) is 4190. The molecule has 4 nitrogen and oxygen atoms in total. The molecule has 6 heteroatoms. The van der Waals surface area contributed by atoms with E-state index >= 15 is 0 Å². The third-order valence-corrected chi connectivity index (χ3v) is 0. The maximum absolute atomic E-state index is 0. The first-order valence-corrected chi connectivity index (χ1v) is 0. The van der Waals surface area contributed by atoms with Crippen molar-refractivity contribution in [3.63, 3.8) is 0 Å². The molecule has 0 aliphatic heterocycles. The van der Waals surface area contributed by atoms with Crippen molar-refractivity contribution in [2.45, 2.75) is 0 Å². The van der Waals surface area contributed by atoms with E-state index in [-0.39, 0.29) is 65.3 Å². The minimum atomic E-state index is 0. The molecule has 0 aromatic heterocycles. The Morgan fingerprint density at radius 2 is 0.833 bits per heavy atom. The van der Waals surface area contributed by atoms with E-state index < -0.39 is 0 Å². The van der Waals surface area contributed by atoms with Crippen LogP contribution in [0.15, 0.2) is 0 Å². The van der Waals surface area contributed by atoms with Gasteiger partial charge in [0.2, 0.25) is 0 Å². The first-order valence-electron chi connectivity index (χ1n) is 0. The van der Waals surface area contributed by atoms with Crippen molar-refractivity contribution in [1.29, 1.82) is 0 Å². The van der Waals surface area contributed by atoms with Crippen molar-refractivity contribution >= 4 is 0 Å². The van der Waals surface area contributed by atoms with Crippen LogP contribution in [0, 0.1) is 0 Å². The molecule has 0 amide bonds. The zero-order chi connectivity index (χ0) is 0. The normalized spacial score (nSPS) is 0. The van der Waals surface area contributed by atoms with E-state index in [2.05, 4.69) is 0 Å². The summed E-state index contributed by atoms with van der Waals surface area (Å²) >= 11 is 0. The van der Waals surface area contributed by atoms with Crippen molar-refractivity contribution in [3.8, 4) is 0 Å². The first-order chi connectivity index (χ1) is 0. The molecule has 6 heavy (non-hydrogen) atoms. The monoisotopic (exact) mass is 125 g/mol. The molecule has 0 saturated heterocycles. The maximum Gasteiger partial charge on any atom is 1.00 e. The van der Waals surface area contributed by atoms with Crippen molar-refractivity contribution in [2.24, 2.45) is 0 Å². The Morgan fingerprint density at radius 3 is 0.833 bits per heavy atom. The average molecular weight is 125 g/mol. The standard InChI is InChI=1S/Li.4H2O.Ti.H/h;4*1H2;;/q+1;;;;;;-1/p-3. The second-order valence-electron chi connectivity index (χ2n) is 0. The fourth-order valence-electron chi connectivity index (χ4n) is 0. The molecule has 0 fully saturated rings. The summed E-state index contributed by atoms with van der Waals surface area (Å²) in [5.41, 5.74) is 0. The zero-order valence-electron chi connectivity index (χ0n) is 5.29. The largest absolute Gasteiger partial charge is 1.00 e. The summed E-state index contributed by atoms with van der Waals surface area (Å²) in [6.07, 6.45) is 0. The molecular formula is H6LiO4Ti-3. The predicted octanol–water partition coefficient (Wildman–Crippen LogP) is -3.48. The molecule has 0 saturated carbocycles. The summed E-state index contributed by atoms with van der Waals surface area (Å²) in [5, 5.41) is 0. The number of hydrogen-bond acceptors (Lipinski definition) is 4. The molecule has 0 aromatic rings. The average Bonchev–Trinajstić information content (AvgIpc) is 0. The van der Waals surface area contributed by atoms with Gasteiger partial charge in [0.25, 0.3) is 0 Å². The molecule has 4 N–H and O–H groups in total. The van der Waals surface area contributed by atoms with Gasteiger partial charge in [-0.1, -0.05) is 0 Å². The second-order valence-corrected chi connectivity index (χ2v) is 0. The van der Waals surface area contributed by atoms with E-state index in [0.717, 1.165) is 0 Å². The summed E-state index contributed by atoms with van der Waals surface area (Å²) in [5.74, 6) is 0. The van der Waals surface area contributed by atoms with Crippen molar-refractivity contribution in [1.82, 2.24) is 0 Å². The van der Waals surface area contributed by atoms with Gasteiger partial charge in [-0.25, -0.2) is 0 Å². The molecule has 38 valence electrons. The zero-order valence-corrected chi connectivity index (χ0v) is 4.85. The van der Waals surface area contributed by atoms with E-state index in [1.807, 2.05) is 0 Å². The van der Waals surface area contributed by atoms with Crippen LogP contribution in [0.2, 0.25) is 0 Å². The van der Waals surface area contributed by atoms with Gasteiger partial charge < -0.3 is 23.3 Å². The molecule has 0 radical (unpaired) electrons. The van der Waals surface area contributed by atoms with E-state index in [1.165, 1.54) is 0 Å². The molecule has 0 aromatic carbocycles. The van der Waals surface area contributed by atoms with Crippen LogP contribution >= 0.6 is 0 Å². The number of rotatable bonds is 0. The van der Waals surface area contributed by atoms with Crippen LogP contribution < -0.4 is 18.9 Å². The Balaban J connectivity index is 0. The summed E-state index contributed by atoms with van der Waals surface area (Å²) in [4.78, 5) is 0. The molecule has 0 atom stereocenters. The second kappa shape index (κ2) is 123. The van der Waals surface area contributed by atoms with Gasteiger partial charge in [-0.2, -0.15) is 0 Å². The SMILES string of the molecule is [H+].[H-].[Li+].[OH-].[OH-].[OH-].[OH-].[Ti]. The Labute approximate surface area is 65.6 Å². The third kappa shape index (κ3) is 66.9. The molecule has 0 aliphatic carbocycles. The van der Waals surface area contributed by atoms with Gasteiger partial charge in [0.1, 0.15) is 0 Å². The Morgan fingerprint density at radius 1 is 0.833 bits per heavy atom. The minimum absolute atomic E-state index is 0. The van der Waals surface area contributed by atoms with Crippen LogP contribution in [-0.2, 0) is 21.7 Å². The van der Waals surface area contributed by atoms with E-state index in [0.29, 0.717) is 0 Å². The third-order valence-electron chi connectivity index (χ3n) is 0. The summed E-state index contributed by atoms with van der Waals surface area (Å²) in [6, 6.07) is 0. The van der Waals surface area contributed by atoms with Gasteiger partial charge in [-0.05, 0) is 0 Å². The smallest absolute Gasteiger partial charge is 1.00 e. The molecule has 0 unspecified atom stereocenters. The van der Waals surface area contributed by atoms with Gasteiger partial charge in [-0.15, -0.1) is 0 Å².